The molecular weight excluding hydrogens is 294 g/mol. The monoisotopic (exact) mass is 315 g/mol. The summed E-state index contributed by atoms with van der Waals surface area (Å²) < 4.78 is 27.3. The van der Waals surface area contributed by atoms with E-state index in [1.165, 1.54) is 5.56 Å². The molecule has 22 heavy (non-hydrogen) atoms. The van der Waals surface area contributed by atoms with Crippen LogP contribution in [-0.4, -0.2) is 19.3 Å². The first kappa shape index (κ1) is 15.3. The third kappa shape index (κ3) is 3.23. The zero-order valence-electron chi connectivity index (χ0n) is 12.8. The summed E-state index contributed by atoms with van der Waals surface area (Å²) in [6.07, 6.45) is 1.82. The third-order valence-electron chi connectivity index (χ3n) is 4.18. The molecule has 1 aliphatic heterocycles. The van der Waals surface area contributed by atoms with Crippen molar-refractivity contribution in [2.75, 3.05) is 6.54 Å². The summed E-state index contributed by atoms with van der Waals surface area (Å²) in [5, 5.41) is 0. The molecule has 0 unspecified atom stereocenters. The molecule has 0 N–H and O–H groups in total. The Morgan fingerprint density at radius 2 is 1.86 bits per heavy atom. The van der Waals surface area contributed by atoms with Gasteiger partial charge in [0.2, 0.25) is 10.0 Å². The lowest BCUT2D eigenvalue weighted by Crippen LogP contribution is -2.31. The van der Waals surface area contributed by atoms with Crippen molar-refractivity contribution >= 4 is 10.0 Å². The number of hydrogen-bond acceptors (Lipinski definition) is 2. The van der Waals surface area contributed by atoms with E-state index in [-0.39, 0.29) is 11.8 Å². The molecule has 2 aromatic rings. The van der Waals surface area contributed by atoms with Crippen LogP contribution in [0.3, 0.4) is 0 Å². The molecule has 1 saturated heterocycles. The maximum absolute atomic E-state index is 12.8. The van der Waals surface area contributed by atoms with Crippen molar-refractivity contribution in [2.45, 2.75) is 31.6 Å². The van der Waals surface area contributed by atoms with E-state index in [9.17, 15) is 8.42 Å². The minimum atomic E-state index is -3.29. The van der Waals surface area contributed by atoms with Crippen LogP contribution in [0.5, 0.6) is 0 Å². The molecule has 2 aromatic carbocycles. The summed E-state index contributed by atoms with van der Waals surface area (Å²) >= 11 is 0. The van der Waals surface area contributed by atoms with E-state index in [1.54, 1.807) is 4.31 Å². The van der Waals surface area contributed by atoms with E-state index in [0.717, 1.165) is 24.0 Å². The fourth-order valence-corrected chi connectivity index (χ4v) is 4.95. The van der Waals surface area contributed by atoms with Crippen molar-refractivity contribution < 1.29 is 8.42 Å². The van der Waals surface area contributed by atoms with Gasteiger partial charge in [0.1, 0.15) is 0 Å². The first-order valence-electron chi connectivity index (χ1n) is 7.66. The summed E-state index contributed by atoms with van der Waals surface area (Å²) in [7, 11) is -3.29. The van der Waals surface area contributed by atoms with Gasteiger partial charge in [-0.15, -0.1) is 0 Å². The molecule has 0 aromatic heterocycles. The average molecular weight is 315 g/mol. The van der Waals surface area contributed by atoms with Crippen LogP contribution in [0.2, 0.25) is 0 Å². The van der Waals surface area contributed by atoms with Gasteiger partial charge in [0.05, 0.1) is 5.75 Å². The predicted octanol–water partition coefficient (Wildman–Crippen LogP) is 3.66. The predicted molar refractivity (Wildman–Crippen MR) is 88.9 cm³/mol. The van der Waals surface area contributed by atoms with Crippen LogP contribution in [-0.2, 0) is 15.8 Å². The van der Waals surface area contributed by atoms with Gasteiger partial charge in [0, 0.05) is 12.6 Å². The first-order valence-corrected chi connectivity index (χ1v) is 9.27. The van der Waals surface area contributed by atoms with E-state index in [0.29, 0.717) is 6.54 Å². The summed E-state index contributed by atoms with van der Waals surface area (Å²) in [6, 6.07) is 17.6. The molecule has 3 rings (SSSR count). The molecule has 1 aliphatic rings. The molecule has 1 fully saturated rings. The second kappa shape index (κ2) is 6.23. The Labute approximate surface area is 132 Å². The van der Waals surface area contributed by atoms with Crippen LogP contribution in [0.15, 0.2) is 54.6 Å². The molecular formula is C18H21NO2S. The zero-order valence-corrected chi connectivity index (χ0v) is 13.6. The summed E-state index contributed by atoms with van der Waals surface area (Å²) in [5.74, 6) is 0.0795. The van der Waals surface area contributed by atoms with Gasteiger partial charge < -0.3 is 0 Å². The van der Waals surface area contributed by atoms with Crippen LogP contribution in [0.1, 0.15) is 35.6 Å². The molecule has 0 amide bonds. The van der Waals surface area contributed by atoms with Crippen LogP contribution < -0.4 is 0 Å². The van der Waals surface area contributed by atoms with Crippen molar-refractivity contribution in [3.8, 4) is 0 Å². The maximum atomic E-state index is 12.8. The largest absolute Gasteiger partial charge is 0.218 e. The standard InChI is InChI=1S/C18H21NO2S/c1-15-7-5-10-17(13-15)18-11-6-12-19(18)22(20,21)14-16-8-3-2-4-9-16/h2-5,7-10,13,18H,6,11-12,14H2,1H3/t18-/m1/s1. The van der Waals surface area contributed by atoms with E-state index in [4.69, 9.17) is 0 Å². The Morgan fingerprint density at radius 1 is 1.09 bits per heavy atom. The highest BCUT2D eigenvalue weighted by Gasteiger charge is 2.35. The van der Waals surface area contributed by atoms with Gasteiger partial charge in [-0.2, -0.15) is 4.31 Å². The molecule has 0 aliphatic carbocycles. The SMILES string of the molecule is Cc1cccc([C@H]2CCCN2S(=O)(=O)Cc2ccccc2)c1. The van der Waals surface area contributed by atoms with Gasteiger partial charge >= 0.3 is 0 Å². The second-order valence-electron chi connectivity index (χ2n) is 5.92. The smallest absolute Gasteiger partial charge is 0.212 e. The van der Waals surface area contributed by atoms with Gasteiger partial charge in [-0.1, -0.05) is 60.2 Å². The summed E-state index contributed by atoms with van der Waals surface area (Å²) in [6.45, 7) is 2.66. The highest BCUT2D eigenvalue weighted by atomic mass is 32.2. The van der Waals surface area contributed by atoms with E-state index >= 15 is 0 Å². The van der Waals surface area contributed by atoms with Crippen molar-refractivity contribution in [3.63, 3.8) is 0 Å². The number of nitrogens with zero attached hydrogens (tertiary/aromatic N) is 1. The van der Waals surface area contributed by atoms with E-state index in [1.807, 2.05) is 55.5 Å². The minimum Gasteiger partial charge on any atom is -0.212 e. The molecule has 0 saturated carbocycles. The highest BCUT2D eigenvalue weighted by molar-refractivity contribution is 7.88. The molecule has 116 valence electrons. The fourth-order valence-electron chi connectivity index (χ4n) is 3.15. The quantitative estimate of drug-likeness (QED) is 0.863. The van der Waals surface area contributed by atoms with Crippen LogP contribution in [0.4, 0.5) is 0 Å². The van der Waals surface area contributed by atoms with Gasteiger partial charge in [-0.3, -0.25) is 0 Å². The number of rotatable bonds is 4. The Kier molecular flexibility index (Phi) is 4.32. The molecule has 0 radical (unpaired) electrons. The van der Waals surface area contributed by atoms with Crippen molar-refractivity contribution in [2.24, 2.45) is 0 Å². The van der Waals surface area contributed by atoms with Gasteiger partial charge in [0.15, 0.2) is 0 Å². The molecule has 1 atom stereocenters. The lowest BCUT2D eigenvalue weighted by molar-refractivity contribution is 0.396. The Morgan fingerprint density at radius 3 is 2.59 bits per heavy atom. The number of aryl methyl sites for hydroxylation is 1. The molecule has 1 heterocycles. The van der Waals surface area contributed by atoms with Crippen LogP contribution in [0, 0.1) is 6.92 Å². The number of hydrogen-bond donors (Lipinski definition) is 0. The molecule has 3 nitrogen and oxygen atoms in total. The lowest BCUT2D eigenvalue weighted by Gasteiger charge is -2.24. The van der Waals surface area contributed by atoms with Crippen molar-refractivity contribution in [1.82, 2.24) is 4.31 Å². The molecule has 4 heteroatoms. The molecule has 0 spiro atoms. The zero-order chi connectivity index (χ0) is 15.6. The lowest BCUT2D eigenvalue weighted by atomic mass is 10.0. The average Bonchev–Trinajstić information content (AvgIpc) is 2.98. The second-order valence-corrected chi connectivity index (χ2v) is 7.85. The van der Waals surface area contributed by atoms with Crippen molar-refractivity contribution in [3.05, 3.63) is 71.3 Å². The van der Waals surface area contributed by atoms with E-state index < -0.39 is 10.0 Å². The third-order valence-corrected chi connectivity index (χ3v) is 6.03. The van der Waals surface area contributed by atoms with Gasteiger partial charge in [-0.05, 0) is 30.9 Å². The first-order chi connectivity index (χ1) is 10.6. The summed E-state index contributed by atoms with van der Waals surface area (Å²) in [5.41, 5.74) is 3.12. The maximum Gasteiger partial charge on any atom is 0.218 e. The Balaban J connectivity index is 1.86. The van der Waals surface area contributed by atoms with E-state index in [2.05, 4.69) is 6.07 Å². The van der Waals surface area contributed by atoms with Crippen LogP contribution in [0.25, 0.3) is 0 Å². The summed E-state index contributed by atoms with van der Waals surface area (Å²) in [4.78, 5) is 0. The van der Waals surface area contributed by atoms with Gasteiger partial charge in [-0.25, -0.2) is 8.42 Å². The van der Waals surface area contributed by atoms with Crippen molar-refractivity contribution in [1.29, 1.82) is 0 Å². The number of benzene rings is 2. The Bertz CT molecular complexity index is 741. The topological polar surface area (TPSA) is 37.4 Å². The van der Waals surface area contributed by atoms with Gasteiger partial charge in [0.25, 0.3) is 0 Å². The highest BCUT2D eigenvalue weighted by Crippen LogP contribution is 2.35. The molecule has 0 bridgehead atoms. The normalized spacial score (nSPS) is 19.4. The Hall–Kier alpha value is -1.65. The van der Waals surface area contributed by atoms with Crippen LogP contribution >= 0.6 is 0 Å². The fraction of sp³-hybridized carbons (Fsp3) is 0.333. The number of sulfonamides is 1. The minimum absolute atomic E-state index is 0.0198.